The second kappa shape index (κ2) is 7.61. The van der Waals surface area contributed by atoms with Crippen LogP contribution in [0.5, 0.6) is 0 Å². The molecule has 1 saturated heterocycles. The zero-order valence-electron chi connectivity index (χ0n) is 13.0. The maximum absolute atomic E-state index is 5.49. The van der Waals surface area contributed by atoms with Gasteiger partial charge in [0.25, 0.3) is 0 Å². The Labute approximate surface area is 119 Å². The number of hydrogen-bond donors (Lipinski definition) is 1. The lowest BCUT2D eigenvalue weighted by Crippen LogP contribution is -2.57. The van der Waals surface area contributed by atoms with Crippen LogP contribution in [0.4, 0.5) is 0 Å². The third-order valence-electron chi connectivity index (χ3n) is 4.44. The molecule has 3 nitrogen and oxygen atoms in total. The topological polar surface area (TPSA) is 24.5 Å². The van der Waals surface area contributed by atoms with Gasteiger partial charge < -0.3 is 10.1 Å². The third-order valence-corrected chi connectivity index (χ3v) is 4.44. The summed E-state index contributed by atoms with van der Waals surface area (Å²) in [6.45, 7) is 12.2. The molecule has 0 aromatic carbocycles. The van der Waals surface area contributed by atoms with E-state index in [2.05, 4.69) is 31.0 Å². The van der Waals surface area contributed by atoms with Crippen molar-refractivity contribution in [3.63, 3.8) is 0 Å². The fourth-order valence-corrected chi connectivity index (χ4v) is 3.26. The van der Waals surface area contributed by atoms with Gasteiger partial charge in [-0.1, -0.05) is 13.8 Å². The second-order valence-electron chi connectivity index (χ2n) is 6.68. The number of hydrogen-bond acceptors (Lipinski definition) is 3. The van der Waals surface area contributed by atoms with Crippen LogP contribution in [0.15, 0.2) is 0 Å². The molecule has 0 amide bonds. The molecule has 112 valence electrons. The molecule has 2 atom stereocenters. The van der Waals surface area contributed by atoms with Crippen LogP contribution in [0.1, 0.15) is 46.5 Å². The Bertz CT molecular complexity index is 253. The molecule has 2 aliphatic rings. The number of piperazine rings is 1. The van der Waals surface area contributed by atoms with E-state index >= 15 is 0 Å². The van der Waals surface area contributed by atoms with Gasteiger partial charge in [0.05, 0.1) is 0 Å². The van der Waals surface area contributed by atoms with E-state index in [9.17, 15) is 0 Å². The smallest absolute Gasteiger partial charge is 0.0478 e. The molecule has 19 heavy (non-hydrogen) atoms. The Balaban J connectivity index is 1.79. The van der Waals surface area contributed by atoms with E-state index < -0.39 is 0 Å². The molecule has 2 rings (SSSR count). The highest BCUT2D eigenvalue weighted by molar-refractivity contribution is 4.94. The van der Waals surface area contributed by atoms with Crippen molar-refractivity contribution in [1.29, 1.82) is 0 Å². The number of rotatable bonds is 8. The predicted molar refractivity (Wildman–Crippen MR) is 80.4 cm³/mol. The number of ether oxygens (including phenoxy) is 1. The summed E-state index contributed by atoms with van der Waals surface area (Å²) in [6.07, 6.45) is 5.39. The van der Waals surface area contributed by atoms with Gasteiger partial charge in [-0.3, -0.25) is 4.90 Å². The van der Waals surface area contributed by atoms with Crippen LogP contribution in [-0.4, -0.2) is 49.8 Å². The van der Waals surface area contributed by atoms with Crippen LogP contribution in [0.2, 0.25) is 0 Å². The normalized spacial score (nSPS) is 29.1. The Hall–Kier alpha value is -0.120. The van der Waals surface area contributed by atoms with E-state index in [-0.39, 0.29) is 0 Å². The van der Waals surface area contributed by atoms with Gasteiger partial charge in [-0.15, -0.1) is 0 Å². The van der Waals surface area contributed by atoms with Crippen LogP contribution in [0, 0.1) is 11.8 Å². The molecule has 1 aliphatic carbocycles. The monoisotopic (exact) mass is 268 g/mol. The van der Waals surface area contributed by atoms with Gasteiger partial charge in [-0.05, 0) is 44.4 Å². The summed E-state index contributed by atoms with van der Waals surface area (Å²) in [4.78, 5) is 2.73. The fourth-order valence-electron chi connectivity index (χ4n) is 3.26. The van der Waals surface area contributed by atoms with Gasteiger partial charge >= 0.3 is 0 Å². The minimum absolute atomic E-state index is 0.733. The lowest BCUT2D eigenvalue weighted by atomic mass is 9.97. The Kier molecular flexibility index (Phi) is 6.11. The molecular weight excluding hydrogens is 236 g/mol. The van der Waals surface area contributed by atoms with Crippen molar-refractivity contribution in [3.8, 4) is 0 Å². The van der Waals surface area contributed by atoms with Crippen LogP contribution in [0.25, 0.3) is 0 Å². The maximum Gasteiger partial charge on any atom is 0.0478 e. The third kappa shape index (κ3) is 5.05. The van der Waals surface area contributed by atoms with Gasteiger partial charge in [0.1, 0.15) is 0 Å². The highest BCUT2D eigenvalue weighted by Gasteiger charge is 2.36. The lowest BCUT2D eigenvalue weighted by Gasteiger charge is -2.41. The van der Waals surface area contributed by atoms with Crippen molar-refractivity contribution in [2.75, 3.05) is 32.8 Å². The SMILES string of the molecule is CCOCCCN1CC(C2CC2)NCC1CC(C)C. The highest BCUT2D eigenvalue weighted by Crippen LogP contribution is 2.34. The van der Waals surface area contributed by atoms with Crippen LogP contribution >= 0.6 is 0 Å². The number of nitrogens with one attached hydrogen (secondary N) is 1. The minimum atomic E-state index is 0.733. The summed E-state index contributed by atoms with van der Waals surface area (Å²) in [5, 5.41) is 3.80. The average molecular weight is 268 g/mol. The van der Waals surface area contributed by atoms with E-state index in [1.54, 1.807) is 0 Å². The molecule has 2 fully saturated rings. The van der Waals surface area contributed by atoms with Crippen molar-refractivity contribution in [2.45, 2.75) is 58.5 Å². The zero-order valence-corrected chi connectivity index (χ0v) is 13.0. The van der Waals surface area contributed by atoms with Crippen molar-refractivity contribution in [2.24, 2.45) is 11.8 Å². The second-order valence-corrected chi connectivity index (χ2v) is 6.68. The molecule has 0 bridgehead atoms. The van der Waals surface area contributed by atoms with E-state index in [4.69, 9.17) is 4.74 Å². The maximum atomic E-state index is 5.49. The van der Waals surface area contributed by atoms with E-state index in [1.807, 2.05) is 0 Å². The molecule has 0 radical (unpaired) electrons. The summed E-state index contributed by atoms with van der Waals surface area (Å²) in [5.41, 5.74) is 0. The van der Waals surface area contributed by atoms with E-state index in [1.165, 1.54) is 45.3 Å². The van der Waals surface area contributed by atoms with Crippen LogP contribution in [0.3, 0.4) is 0 Å². The standard InChI is InChI=1S/C16H32N2O/c1-4-19-9-5-8-18-12-16(14-6-7-14)17-11-15(18)10-13(2)3/h13-17H,4-12H2,1-3H3. The highest BCUT2D eigenvalue weighted by atomic mass is 16.5. The molecule has 1 heterocycles. The molecule has 0 spiro atoms. The van der Waals surface area contributed by atoms with E-state index in [0.29, 0.717) is 0 Å². The van der Waals surface area contributed by atoms with Gasteiger partial charge in [-0.2, -0.15) is 0 Å². The minimum Gasteiger partial charge on any atom is -0.382 e. The predicted octanol–water partition coefficient (Wildman–Crippen LogP) is 2.51. The van der Waals surface area contributed by atoms with E-state index in [0.717, 1.165) is 37.1 Å². The van der Waals surface area contributed by atoms with Gasteiger partial charge in [-0.25, -0.2) is 0 Å². The quantitative estimate of drug-likeness (QED) is 0.685. The summed E-state index contributed by atoms with van der Waals surface area (Å²) in [7, 11) is 0. The van der Waals surface area contributed by atoms with Crippen LogP contribution < -0.4 is 5.32 Å². The first-order chi connectivity index (χ1) is 9.20. The van der Waals surface area contributed by atoms with Crippen molar-refractivity contribution < 1.29 is 4.74 Å². The van der Waals surface area contributed by atoms with Gasteiger partial charge in [0.15, 0.2) is 0 Å². The van der Waals surface area contributed by atoms with Crippen molar-refractivity contribution in [1.82, 2.24) is 10.2 Å². The summed E-state index contributed by atoms with van der Waals surface area (Å²) < 4.78 is 5.49. The van der Waals surface area contributed by atoms with Gasteiger partial charge in [0, 0.05) is 44.9 Å². The molecule has 3 heteroatoms. The van der Waals surface area contributed by atoms with Crippen LogP contribution in [-0.2, 0) is 4.74 Å². The Morgan fingerprint density at radius 3 is 2.74 bits per heavy atom. The van der Waals surface area contributed by atoms with Gasteiger partial charge in [0.2, 0.25) is 0 Å². The lowest BCUT2D eigenvalue weighted by molar-refractivity contribution is 0.0843. The first-order valence-electron chi connectivity index (χ1n) is 8.25. The molecule has 0 aromatic heterocycles. The molecular formula is C16H32N2O. The number of nitrogens with zero attached hydrogens (tertiary/aromatic N) is 1. The first-order valence-corrected chi connectivity index (χ1v) is 8.25. The zero-order chi connectivity index (χ0) is 13.7. The molecule has 1 N–H and O–H groups in total. The molecule has 2 unspecified atom stereocenters. The molecule has 1 saturated carbocycles. The first kappa shape index (κ1) is 15.3. The molecule has 0 aromatic rings. The summed E-state index contributed by atoms with van der Waals surface area (Å²) >= 11 is 0. The summed E-state index contributed by atoms with van der Waals surface area (Å²) in [6, 6.07) is 1.49. The van der Waals surface area contributed by atoms with Crippen molar-refractivity contribution in [3.05, 3.63) is 0 Å². The fraction of sp³-hybridized carbons (Fsp3) is 1.00. The summed E-state index contributed by atoms with van der Waals surface area (Å²) in [5.74, 6) is 1.76. The average Bonchev–Trinajstić information content (AvgIpc) is 3.20. The molecule has 1 aliphatic heterocycles. The largest absolute Gasteiger partial charge is 0.382 e. The van der Waals surface area contributed by atoms with Crippen molar-refractivity contribution >= 4 is 0 Å². The Morgan fingerprint density at radius 1 is 1.32 bits per heavy atom. The Morgan fingerprint density at radius 2 is 2.11 bits per heavy atom.